The zero-order valence-electron chi connectivity index (χ0n) is 11.5. The minimum absolute atomic E-state index is 0.145. The van der Waals surface area contributed by atoms with E-state index < -0.39 is 8.32 Å². The van der Waals surface area contributed by atoms with Gasteiger partial charge in [0.05, 0.1) is 6.10 Å². The molecule has 2 nitrogen and oxygen atoms in total. The van der Waals surface area contributed by atoms with E-state index >= 15 is 0 Å². The summed E-state index contributed by atoms with van der Waals surface area (Å²) in [5.74, 6) is 1.14. The van der Waals surface area contributed by atoms with Crippen molar-refractivity contribution >= 4 is 14.1 Å². The predicted octanol–water partition coefficient (Wildman–Crippen LogP) is 3.09. The Morgan fingerprint density at radius 3 is 2.00 bits per heavy atom. The van der Waals surface area contributed by atoms with Crippen LogP contribution in [0, 0.1) is 22.7 Å². The second-order valence-corrected chi connectivity index (χ2v) is 12.0. The van der Waals surface area contributed by atoms with Gasteiger partial charge in [-0.25, -0.2) is 0 Å². The number of fused-ring (bicyclic) bond motifs is 1. The van der Waals surface area contributed by atoms with Crippen LogP contribution in [0.15, 0.2) is 0 Å². The Balaban J connectivity index is 2.27. The van der Waals surface area contributed by atoms with Crippen molar-refractivity contribution in [3.63, 3.8) is 0 Å². The molecule has 0 heterocycles. The van der Waals surface area contributed by atoms with E-state index in [1.165, 1.54) is 0 Å². The molecule has 2 aliphatic carbocycles. The fraction of sp³-hybridized carbons (Fsp3) is 0.923. The minimum atomic E-state index is -1.57. The second-order valence-electron chi connectivity index (χ2n) is 7.56. The Morgan fingerprint density at radius 1 is 1.12 bits per heavy atom. The van der Waals surface area contributed by atoms with Crippen molar-refractivity contribution in [3.8, 4) is 0 Å². The maximum absolute atomic E-state index is 12.3. The molecule has 2 saturated carbocycles. The first-order chi connectivity index (χ1) is 6.99. The highest BCUT2D eigenvalue weighted by Crippen LogP contribution is 2.70. The molecule has 2 fully saturated rings. The monoisotopic (exact) mass is 240 g/mol. The third-order valence-electron chi connectivity index (χ3n) is 4.35. The van der Waals surface area contributed by atoms with Gasteiger partial charge < -0.3 is 4.43 Å². The van der Waals surface area contributed by atoms with Crippen molar-refractivity contribution in [1.29, 1.82) is 0 Å². The molecule has 0 unspecified atom stereocenters. The first-order valence-electron chi connectivity index (χ1n) is 6.22. The fourth-order valence-corrected chi connectivity index (χ4v) is 4.54. The smallest absolute Gasteiger partial charge is 0.184 e. The first kappa shape index (κ1) is 12.3. The molecule has 16 heavy (non-hydrogen) atoms. The van der Waals surface area contributed by atoms with E-state index in [1.807, 2.05) is 0 Å². The summed E-state index contributed by atoms with van der Waals surface area (Å²) in [6.45, 7) is 15.1. The van der Waals surface area contributed by atoms with Gasteiger partial charge in [0, 0.05) is 17.3 Å². The molecule has 0 aromatic carbocycles. The third-order valence-corrected chi connectivity index (χ3v) is 5.31. The highest BCUT2D eigenvalue weighted by atomic mass is 28.4. The van der Waals surface area contributed by atoms with Gasteiger partial charge in [-0.3, -0.25) is 4.79 Å². The molecular weight excluding hydrogens is 216 g/mol. The van der Waals surface area contributed by atoms with Crippen molar-refractivity contribution in [2.45, 2.75) is 53.4 Å². The molecule has 0 radical (unpaired) electrons. The summed E-state index contributed by atoms with van der Waals surface area (Å²) in [6, 6.07) is 0. The summed E-state index contributed by atoms with van der Waals surface area (Å²) in [7, 11) is -1.57. The first-order valence-corrected chi connectivity index (χ1v) is 9.62. The number of rotatable bonds is 2. The summed E-state index contributed by atoms with van der Waals surface area (Å²) in [6.07, 6.45) is 0.145. The lowest BCUT2D eigenvalue weighted by molar-refractivity contribution is -0.131. The summed E-state index contributed by atoms with van der Waals surface area (Å²) in [4.78, 5) is 12.3. The number of hydrogen-bond donors (Lipinski definition) is 0. The van der Waals surface area contributed by atoms with Crippen LogP contribution in [0.2, 0.25) is 19.6 Å². The Labute approximate surface area is 99.9 Å². The molecule has 2 rings (SSSR count). The van der Waals surface area contributed by atoms with Crippen LogP contribution in [0.4, 0.5) is 0 Å². The molecule has 3 atom stereocenters. The summed E-state index contributed by atoms with van der Waals surface area (Å²) >= 11 is 0. The van der Waals surface area contributed by atoms with Crippen LogP contribution in [-0.4, -0.2) is 20.2 Å². The van der Waals surface area contributed by atoms with Crippen LogP contribution in [0.1, 0.15) is 27.7 Å². The average molecular weight is 240 g/mol. The normalized spacial score (nSPS) is 39.7. The average Bonchev–Trinajstić information content (AvgIpc) is 2.53. The minimum Gasteiger partial charge on any atom is -0.413 e. The lowest BCUT2D eigenvalue weighted by Gasteiger charge is -2.36. The topological polar surface area (TPSA) is 26.3 Å². The summed E-state index contributed by atoms with van der Waals surface area (Å²) in [5, 5.41) is 0. The molecule has 2 aliphatic rings. The van der Waals surface area contributed by atoms with E-state index in [4.69, 9.17) is 4.43 Å². The maximum Gasteiger partial charge on any atom is 0.184 e. The van der Waals surface area contributed by atoms with Gasteiger partial charge in [-0.05, 0) is 25.1 Å². The molecule has 0 saturated heterocycles. The molecule has 0 amide bonds. The van der Waals surface area contributed by atoms with Gasteiger partial charge in [0.25, 0.3) is 0 Å². The number of carbonyl (C=O) groups excluding carboxylic acids is 1. The van der Waals surface area contributed by atoms with E-state index in [9.17, 15) is 4.79 Å². The second kappa shape index (κ2) is 2.99. The number of hydrogen-bond acceptors (Lipinski definition) is 2. The van der Waals surface area contributed by atoms with Crippen LogP contribution in [0.3, 0.4) is 0 Å². The van der Waals surface area contributed by atoms with Gasteiger partial charge in [-0.15, -0.1) is 0 Å². The Kier molecular flexibility index (Phi) is 2.30. The van der Waals surface area contributed by atoms with Crippen LogP contribution >= 0.6 is 0 Å². The quantitative estimate of drug-likeness (QED) is 0.693. The fourth-order valence-electron chi connectivity index (χ4n) is 3.33. The van der Waals surface area contributed by atoms with Gasteiger partial charge in [0.15, 0.2) is 8.32 Å². The van der Waals surface area contributed by atoms with Gasteiger partial charge >= 0.3 is 0 Å². The lowest BCUT2D eigenvalue weighted by Crippen LogP contribution is -2.44. The largest absolute Gasteiger partial charge is 0.413 e. The third kappa shape index (κ3) is 1.51. The van der Waals surface area contributed by atoms with E-state index in [1.54, 1.807) is 0 Å². The Morgan fingerprint density at radius 2 is 1.62 bits per heavy atom. The number of ketones is 1. The lowest BCUT2D eigenvalue weighted by atomic mass is 9.79. The highest BCUT2D eigenvalue weighted by molar-refractivity contribution is 6.69. The van der Waals surface area contributed by atoms with Crippen molar-refractivity contribution in [3.05, 3.63) is 0 Å². The van der Waals surface area contributed by atoms with Crippen molar-refractivity contribution < 1.29 is 9.22 Å². The molecule has 0 N–H and O–H groups in total. The van der Waals surface area contributed by atoms with Crippen LogP contribution in [0.25, 0.3) is 0 Å². The van der Waals surface area contributed by atoms with E-state index in [0.717, 1.165) is 0 Å². The van der Waals surface area contributed by atoms with Gasteiger partial charge in [-0.2, -0.15) is 0 Å². The van der Waals surface area contributed by atoms with E-state index in [0.29, 0.717) is 11.7 Å². The van der Waals surface area contributed by atoms with Crippen molar-refractivity contribution in [1.82, 2.24) is 0 Å². The summed E-state index contributed by atoms with van der Waals surface area (Å²) < 4.78 is 6.29. The Hall–Kier alpha value is -0.153. The van der Waals surface area contributed by atoms with E-state index in [2.05, 4.69) is 47.3 Å². The molecule has 92 valence electrons. The van der Waals surface area contributed by atoms with Gasteiger partial charge in [0.1, 0.15) is 5.78 Å². The van der Waals surface area contributed by atoms with Crippen LogP contribution < -0.4 is 0 Å². The van der Waals surface area contributed by atoms with E-state index in [-0.39, 0.29) is 22.9 Å². The summed E-state index contributed by atoms with van der Waals surface area (Å²) in [5.41, 5.74) is -0.0952. The van der Waals surface area contributed by atoms with Crippen LogP contribution in [-0.2, 0) is 9.22 Å². The van der Waals surface area contributed by atoms with Crippen LogP contribution in [0.5, 0.6) is 0 Å². The standard InChI is InChI=1S/C13H24O2Si/c1-12(2)8-9(12)11(15-16(5,6)7)13(3,4)10(8)14/h8-9,11H,1-7H3/t8-,9+,11+/m0/s1. The molecule has 0 aromatic rings. The maximum atomic E-state index is 12.3. The molecule has 0 bridgehead atoms. The van der Waals surface area contributed by atoms with Gasteiger partial charge in [0.2, 0.25) is 0 Å². The molecule has 3 heteroatoms. The molecule has 0 aromatic heterocycles. The SMILES string of the molecule is CC1(C)C(=O)[C@@H]2[C@H]([C@H]1O[Si](C)(C)C)C2(C)C. The number of Topliss-reactive ketones (excluding diaryl/α,β-unsaturated/α-hetero) is 1. The molecule has 0 spiro atoms. The van der Waals surface area contributed by atoms with Crippen molar-refractivity contribution in [2.75, 3.05) is 0 Å². The molecule has 0 aliphatic heterocycles. The Bertz CT molecular complexity index is 338. The zero-order valence-corrected chi connectivity index (χ0v) is 12.5. The predicted molar refractivity (Wildman–Crippen MR) is 67.8 cm³/mol. The number of carbonyl (C=O) groups is 1. The van der Waals surface area contributed by atoms with Crippen molar-refractivity contribution in [2.24, 2.45) is 22.7 Å². The zero-order chi connectivity index (χ0) is 12.5. The van der Waals surface area contributed by atoms with Gasteiger partial charge in [-0.1, -0.05) is 27.7 Å². The highest BCUT2D eigenvalue weighted by Gasteiger charge is 2.75. The molecular formula is C13H24O2Si.